The first-order valence-electron chi connectivity index (χ1n) is 5.92. The molecule has 0 unspecified atom stereocenters. The second kappa shape index (κ2) is 6.37. The van der Waals surface area contributed by atoms with Crippen molar-refractivity contribution in [2.24, 2.45) is 5.92 Å². The van der Waals surface area contributed by atoms with E-state index in [1.807, 2.05) is 19.1 Å². The Balaban J connectivity index is 2.38. The maximum Gasteiger partial charge on any atom is 0.279 e. The zero-order valence-corrected chi connectivity index (χ0v) is 11.0. The van der Waals surface area contributed by atoms with Gasteiger partial charge in [0, 0.05) is 19.6 Å². The smallest absolute Gasteiger partial charge is 0.202 e. The van der Waals surface area contributed by atoms with E-state index < -0.39 is 10.2 Å². The van der Waals surface area contributed by atoms with Crippen molar-refractivity contribution in [3.05, 3.63) is 12.2 Å². The largest absolute Gasteiger partial charge is 0.279 e. The third kappa shape index (κ3) is 4.23. The summed E-state index contributed by atoms with van der Waals surface area (Å²) in [5.41, 5.74) is 0. The van der Waals surface area contributed by atoms with Gasteiger partial charge < -0.3 is 0 Å². The van der Waals surface area contributed by atoms with E-state index in [1.165, 1.54) is 0 Å². The molecule has 0 saturated carbocycles. The van der Waals surface area contributed by atoms with Gasteiger partial charge in [0.2, 0.25) is 0 Å². The number of piperidine rings is 1. The van der Waals surface area contributed by atoms with Crippen LogP contribution in [-0.4, -0.2) is 32.4 Å². The second-order valence-corrected chi connectivity index (χ2v) is 6.09. The predicted octanol–water partition coefficient (Wildman–Crippen LogP) is 1.52. The summed E-state index contributed by atoms with van der Waals surface area (Å²) in [5.74, 6) is 0.648. The molecular formula is C11H22N2O2S. The van der Waals surface area contributed by atoms with Crippen molar-refractivity contribution in [2.75, 3.05) is 19.6 Å². The molecule has 0 spiro atoms. The molecular weight excluding hydrogens is 224 g/mol. The van der Waals surface area contributed by atoms with E-state index in [9.17, 15) is 8.42 Å². The van der Waals surface area contributed by atoms with Gasteiger partial charge in [-0.05, 0) is 32.1 Å². The Kier molecular flexibility index (Phi) is 5.44. The molecule has 16 heavy (non-hydrogen) atoms. The second-order valence-electron chi connectivity index (χ2n) is 4.34. The van der Waals surface area contributed by atoms with Crippen molar-refractivity contribution in [1.29, 1.82) is 0 Å². The predicted molar refractivity (Wildman–Crippen MR) is 66.3 cm³/mol. The summed E-state index contributed by atoms with van der Waals surface area (Å²) < 4.78 is 27.9. The van der Waals surface area contributed by atoms with E-state index in [0.717, 1.165) is 19.3 Å². The molecule has 0 aromatic carbocycles. The van der Waals surface area contributed by atoms with Crippen LogP contribution in [0.15, 0.2) is 12.2 Å². The van der Waals surface area contributed by atoms with Crippen molar-refractivity contribution in [1.82, 2.24) is 9.03 Å². The monoisotopic (exact) mass is 246 g/mol. The standard InChI is InChI=1S/C11H22N2O2S/c1-3-4-5-8-12-16(14,15)13-9-6-11(2)7-10-13/h3-4,11-12H,5-10H2,1-2H3/b4-3+. The third-order valence-corrected chi connectivity index (χ3v) is 4.53. The minimum atomic E-state index is -3.24. The Labute approximate surface area is 98.9 Å². The maximum atomic E-state index is 11.8. The summed E-state index contributed by atoms with van der Waals surface area (Å²) in [6.45, 7) is 5.89. The van der Waals surface area contributed by atoms with Crippen LogP contribution in [0.5, 0.6) is 0 Å². The van der Waals surface area contributed by atoms with Gasteiger partial charge in [0.15, 0.2) is 0 Å². The molecule has 0 aromatic rings. The number of hydrogen-bond donors (Lipinski definition) is 1. The van der Waals surface area contributed by atoms with Crippen LogP contribution in [0, 0.1) is 5.92 Å². The summed E-state index contributed by atoms with van der Waals surface area (Å²) >= 11 is 0. The summed E-state index contributed by atoms with van der Waals surface area (Å²) in [4.78, 5) is 0. The Hall–Kier alpha value is -0.390. The summed E-state index contributed by atoms with van der Waals surface area (Å²) in [6.07, 6.45) is 6.57. The number of nitrogens with zero attached hydrogens (tertiary/aromatic N) is 1. The lowest BCUT2D eigenvalue weighted by Gasteiger charge is -2.29. The first-order chi connectivity index (χ1) is 7.56. The molecule has 0 radical (unpaired) electrons. The van der Waals surface area contributed by atoms with Crippen LogP contribution in [0.3, 0.4) is 0 Å². The highest BCUT2D eigenvalue weighted by molar-refractivity contribution is 7.87. The van der Waals surface area contributed by atoms with Crippen LogP contribution < -0.4 is 4.72 Å². The lowest BCUT2D eigenvalue weighted by molar-refractivity contribution is 0.285. The van der Waals surface area contributed by atoms with Crippen molar-refractivity contribution < 1.29 is 8.42 Å². The van der Waals surface area contributed by atoms with Gasteiger partial charge in [-0.3, -0.25) is 0 Å². The fraction of sp³-hybridized carbons (Fsp3) is 0.818. The first-order valence-corrected chi connectivity index (χ1v) is 7.36. The van der Waals surface area contributed by atoms with Crippen molar-refractivity contribution in [3.63, 3.8) is 0 Å². The molecule has 1 aliphatic heterocycles. The van der Waals surface area contributed by atoms with Crippen LogP contribution in [0.25, 0.3) is 0 Å². The number of hydrogen-bond acceptors (Lipinski definition) is 2. The molecule has 4 nitrogen and oxygen atoms in total. The molecule has 0 bridgehead atoms. The molecule has 1 fully saturated rings. The highest BCUT2D eigenvalue weighted by Gasteiger charge is 2.25. The van der Waals surface area contributed by atoms with Crippen LogP contribution >= 0.6 is 0 Å². The van der Waals surface area contributed by atoms with Gasteiger partial charge >= 0.3 is 0 Å². The van der Waals surface area contributed by atoms with E-state index >= 15 is 0 Å². The fourth-order valence-corrected chi connectivity index (χ4v) is 3.00. The summed E-state index contributed by atoms with van der Waals surface area (Å²) in [5, 5.41) is 0. The zero-order valence-electron chi connectivity index (χ0n) is 10.1. The zero-order chi connectivity index (χ0) is 12.0. The number of nitrogens with one attached hydrogen (secondary N) is 1. The number of rotatable bonds is 5. The normalized spacial score (nSPS) is 20.6. The molecule has 1 aliphatic rings. The van der Waals surface area contributed by atoms with Crippen LogP contribution in [0.2, 0.25) is 0 Å². The molecule has 1 N–H and O–H groups in total. The minimum Gasteiger partial charge on any atom is -0.202 e. The van der Waals surface area contributed by atoms with Gasteiger partial charge in [0.25, 0.3) is 10.2 Å². The van der Waals surface area contributed by atoms with Gasteiger partial charge in [-0.2, -0.15) is 12.7 Å². The van der Waals surface area contributed by atoms with Crippen LogP contribution in [0.1, 0.15) is 33.1 Å². The van der Waals surface area contributed by atoms with E-state index in [1.54, 1.807) is 4.31 Å². The molecule has 0 aliphatic carbocycles. The molecule has 5 heteroatoms. The van der Waals surface area contributed by atoms with E-state index in [4.69, 9.17) is 0 Å². The highest BCUT2D eigenvalue weighted by atomic mass is 32.2. The van der Waals surface area contributed by atoms with Gasteiger partial charge in [0.05, 0.1) is 0 Å². The quantitative estimate of drug-likeness (QED) is 0.590. The molecule has 0 amide bonds. The van der Waals surface area contributed by atoms with Crippen LogP contribution in [-0.2, 0) is 10.2 Å². The van der Waals surface area contributed by atoms with Gasteiger partial charge in [0.1, 0.15) is 0 Å². The number of allylic oxidation sites excluding steroid dienone is 1. The molecule has 1 saturated heterocycles. The van der Waals surface area contributed by atoms with Gasteiger partial charge in [-0.25, -0.2) is 4.72 Å². The average molecular weight is 246 g/mol. The van der Waals surface area contributed by atoms with E-state index in [0.29, 0.717) is 25.6 Å². The summed E-state index contributed by atoms with van der Waals surface area (Å²) in [6, 6.07) is 0. The van der Waals surface area contributed by atoms with Gasteiger partial charge in [-0.15, -0.1) is 0 Å². The van der Waals surface area contributed by atoms with Crippen molar-refractivity contribution in [2.45, 2.75) is 33.1 Å². The maximum absolute atomic E-state index is 11.8. The van der Waals surface area contributed by atoms with Gasteiger partial charge in [-0.1, -0.05) is 19.1 Å². The van der Waals surface area contributed by atoms with E-state index in [-0.39, 0.29) is 0 Å². The molecule has 94 valence electrons. The Morgan fingerprint density at radius 1 is 1.38 bits per heavy atom. The van der Waals surface area contributed by atoms with E-state index in [2.05, 4.69) is 11.6 Å². The average Bonchev–Trinajstić information content (AvgIpc) is 2.25. The third-order valence-electron chi connectivity index (χ3n) is 2.91. The first kappa shape index (κ1) is 13.7. The lowest BCUT2D eigenvalue weighted by atomic mass is 10.0. The molecule has 1 rings (SSSR count). The lowest BCUT2D eigenvalue weighted by Crippen LogP contribution is -2.44. The fourth-order valence-electron chi connectivity index (χ4n) is 1.75. The minimum absolute atomic E-state index is 0.485. The van der Waals surface area contributed by atoms with Crippen molar-refractivity contribution >= 4 is 10.2 Å². The van der Waals surface area contributed by atoms with Crippen molar-refractivity contribution in [3.8, 4) is 0 Å². The Bertz CT molecular complexity index is 317. The molecule has 0 aromatic heterocycles. The molecule has 1 heterocycles. The highest BCUT2D eigenvalue weighted by Crippen LogP contribution is 2.17. The topological polar surface area (TPSA) is 49.4 Å². The Morgan fingerprint density at radius 3 is 2.56 bits per heavy atom. The van der Waals surface area contributed by atoms with Crippen LogP contribution in [0.4, 0.5) is 0 Å². The Morgan fingerprint density at radius 2 is 2.00 bits per heavy atom. The SMILES string of the molecule is C/C=C/CCNS(=O)(=O)N1CCC(C)CC1. The summed E-state index contributed by atoms with van der Waals surface area (Å²) in [7, 11) is -3.24. The molecule has 0 atom stereocenters.